The highest BCUT2D eigenvalue weighted by Crippen LogP contribution is 2.07. The van der Waals surface area contributed by atoms with Crippen molar-refractivity contribution < 1.29 is 4.42 Å². The van der Waals surface area contributed by atoms with Crippen molar-refractivity contribution in [1.82, 2.24) is 0 Å². The molecule has 0 unspecified atom stereocenters. The number of furan rings is 1. The standard InChI is InChI=1S/C7H7NO/c1-2-6-3-4-9-7(6)5-8/h2-5,8H,1H2. The molecule has 0 radical (unpaired) electrons. The molecule has 0 spiro atoms. The SMILES string of the molecule is C=Cc1ccoc1C=N. The third-order valence-corrected chi connectivity index (χ3v) is 1.08. The van der Waals surface area contributed by atoms with Crippen molar-refractivity contribution in [3.63, 3.8) is 0 Å². The van der Waals surface area contributed by atoms with E-state index in [4.69, 9.17) is 9.83 Å². The van der Waals surface area contributed by atoms with Gasteiger partial charge in [-0.3, -0.25) is 0 Å². The quantitative estimate of drug-likeness (QED) is 0.596. The molecule has 0 atom stereocenters. The lowest BCUT2D eigenvalue weighted by Crippen LogP contribution is -1.75. The normalized spacial score (nSPS) is 8.89. The summed E-state index contributed by atoms with van der Waals surface area (Å²) in [7, 11) is 0. The molecule has 0 aliphatic rings. The highest BCUT2D eigenvalue weighted by atomic mass is 16.3. The summed E-state index contributed by atoms with van der Waals surface area (Å²) in [4.78, 5) is 0. The van der Waals surface area contributed by atoms with E-state index in [1.165, 1.54) is 6.26 Å². The summed E-state index contributed by atoms with van der Waals surface area (Å²) in [5, 5.41) is 6.84. The van der Waals surface area contributed by atoms with Crippen LogP contribution in [0.4, 0.5) is 0 Å². The van der Waals surface area contributed by atoms with Gasteiger partial charge in [0, 0.05) is 5.56 Å². The van der Waals surface area contributed by atoms with Gasteiger partial charge in [0.2, 0.25) is 0 Å². The zero-order valence-corrected chi connectivity index (χ0v) is 4.92. The number of rotatable bonds is 2. The van der Waals surface area contributed by atoms with E-state index in [-0.39, 0.29) is 0 Å². The van der Waals surface area contributed by atoms with Gasteiger partial charge in [-0.1, -0.05) is 12.7 Å². The molecule has 0 amide bonds. The monoisotopic (exact) mass is 121 g/mol. The molecule has 1 aromatic heterocycles. The second-order valence-electron chi connectivity index (χ2n) is 1.59. The predicted molar refractivity (Wildman–Crippen MR) is 36.7 cm³/mol. The molecule has 0 saturated heterocycles. The third-order valence-electron chi connectivity index (χ3n) is 1.08. The van der Waals surface area contributed by atoms with Crippen LogP contribution in [0.2, 0.25) is 0 Å². The lowest BCUT2D eigenvalue weighted by atomic mass is 10.2. The van der Waals surface area contributed by atoms with Gasteiger partial charge in [-0.25, -0.2) is 0 Å². The van der Waals surface area contributed by atoms with E-state index < -0.39 is 0 Å². The molecule has 1 rings (SSSR count). The minimum Gasteiger partial charge on any atom is -0.463 e. The Labute approximate surface area is 53.3 Å². The Bertz CT molecular complexity index is 202. The number of nitrogens with one attached hydrogen (secondary N) is 1. The summed E-state index contributed by atoms with van der Waals surface area (Å²) >= 11 is 0. The summed E-state index contributed by atoms with van der Waals surface area (Å²) < 4.78 is 4.89. The van der Waals surface area contributed by atoms with Gasteiger partial charge in [-0.15, -0.1) is 0 Å². The van der Waals surface area contributed by atoms with Crippen LogP contribution in [0.1, 0.15) is 11.3 Å². The van der Waals surface area contributed by atoms with Gasteiger partial charge < -0.3 is 9.83 Å². The van der Waals surface area contributed by atoms with Gasteiger partial charge in [-0.05, 0) is 6.07 Å². The average Bonchev–Trinajstić information content (AvgIpc) is 2.33. The fourth-order valence-corrected chi connectivity index (χ4v) is 0.617. The van der Waals surface area contributed by atoms with Crippen LogP contribution in [0.15, 0.2) is 23.3 Å². The highest BCUT2D eigenvalue weighted by molar-refractivity contribution is 5.79. The molecule has 1 N–H and O–H groups in total. The topological polar surface area (TPSA) is 37.0 Å². The summed E-state index contributed by atoms with van der Waals surface area (Å²) in [6.07, 6.45) is 4.36. The van der Waals surface area contributed by atoms with E-state index in [1.54, 1.807) is 12.1 Å². The van der Waals surface area contributed by atoms with Crippen LogP contribution in [0.3, 0.4) is 0 Å². The first kappa shape index (κ1) is 5.82. The largest absolute Gasteiger partial charge is 0.463 e. The van der Waals surface area contributed by atoms with E-state index in [0.717, 1.165) is 11.8 Å². The molecule has 46 valence electrons. The smallest absolute Gasteiger partial charge is 0.151 e. The molecule has 0 aliphatic heterocycles. The van der Waals surface area contributed by atoms with E-state index in [2.05, 4.69) is 6.58 Å². The van der Waals surface area contributed by atoms with Crippen molar-refractivity contribution in [2.75, 3.05) is 0 Å². The highest BCUT2D eigenvalue weighted by Gasteiger charge is 1.95. The van der Waals surface area contributed by atoms with Gasteiger partial charge in [-0.2, -0.15) is 0 Å². The maximum atomic E-state index is 6.84. The van der Waals surface area contributed by atoms with Gasteiger partial charge in [0.25, 0.3) is 0 Å². The molecule has 0 aliphatic carbocycles. The van der Waals surface area contributed by atoms with Gasteiger partial charge in [0.1, 0.15) is 0 Å². The van der Waals surface area contributed by atoms with Crippen LogP contribution in [0.25, 0.3) is 6.08 Å². The van der Waals surface area contributed by atoms with Gasteiger partial charge >= 0.3 is 0 Å². The zero-order valence-electron chi connectivity index (χ0n) is 4.92. The Hall–Kier alpha value is -1.31. The minimum absolute atomic E-state index is 0.560. The molecule has 0 bridgehead atoms. The van der Waals surface area contributed by atoms with E-state index in [0.29, 0.717) is 5.76 Å². The molecule has 1 aromatic rings. The maximum absolute atomic E-state index is 6.84. The summed E-state index contributed by atoms with van der Waals surface area (Å²) in [5.41, 5.74) is 0.866. The Kier molecular flexibility index (Phi) is 1.49. The number of hydrogen-bond donors (Lipinski definition) is 1. The van der Waals surface area contributed by atoms with E-state index >= 15 is 0 Å². The first-order valence-corrected chi connectivity index (χ1v) is 2.59. The molecule has 2 heteroatoms. The third kappa shape index (κ3) is 0.914. The van der Waals surface area contributed by atoms with Crippen molar-refractivity contribution in [3.8, 4) is 0 Å². The van der Waals surface area contributed by atoms with Crippen LogP contribution in [0.5, 0.6) is 0 Å². The zero-order chi connectivity index (χ0) is 6.69. The van der Waals surface area contributed by atoms with Crippen molar-refractivity contribution in [1.29, 1.82) is 5.41 Å². The van der Waals surface area contributed by atoms with Crippen molar-refractivity contribution in [3.05, 3.63) is 30.2 Å². The summed E-state index contributed by atoms with van der Waals surface area (Å²) in [6, 6.07) is 1.77. The van der Waals surface area contributed by atoms with Crippen LogP contribution in [-0.4, -0.2) is 6.21 Å². The van der Waals surface area contributed by atoms with Crippen molar-refractivity contribution >= 4 is 12.3 Å². The second kappa shape index (κ2) is 2.31. The minimum atomic E-state index is 0.560. The molecular weight excluding hydrogens is 114 g/mol. The molecule has 2 nitrogen and oxygen atoms in total. The van der Waals surface area contributed by atoms with Crippen LogP contribution < -0.4 is 0 Å². The Morgan fingerprint density at radius 3 is 2.89 bits per heavy atom. The molecule has 0 saturated carbocycles. The maximum Gasteiger partial charge on any atom is 0.151 e. The molecule has 9 heavy (non-hydrogen) atoms. The first-order valence-electron chi connectivity index (χ1n) is 2.59. The predicted octanol–water partition coefficient (Wildman–Crippen LogP) is 1.92. The summed E-state index contributed by atoms with van der Waals surface area (Å²) in [6.45, 7) is 3.55. The Balaban J connectivity index is 3.12. The lowest BCUT2D eigenvalue weighted by Gasteiger charge is -1.82. The Morgan fingerprint density at radius 2 is 2.44 bits per heavy atom. The number of hydrogen-bond acceptors (Lipinski definition) is 2. The second-order valence-corrected chi connectivity index (χ2v) is 1.59. The molecule has 1 heterocycles. The van der Waals surface area contributed by atoms with Crippen molar-refractivity contribution in [2.24, 2.45) is 0 Å². The fraction of sp³-hybridized carbons (Fsp3) is 0. The van der Waals surface area contributed by atoms with Crippen molar-refractivity contribution in [2.45, 2.75) is 0 Å². The lowest BCUT2D eigenvalue weighted by molar-refractivity contribution is 0.559. The molecular formula is C7H7NO. The Morgan fingerprint density at radius 1 is 1.67 bits per heavy atom. The van der Waals surface area contributed by atoms with Crippen LogP contribution in [0, 0.1) is 5.41 Å². The van der Waals surface area contributed by atoms with E-state index in [1.807, 2.05) is 0 Å². The molecule has 0 aromatic carbocycles. The average molecular weight is 121 g/mol. The summed E-state index contributed by atoms with van der Waals surface area (Å²) in [5.74, 6) is 0.560. The van der Waals surface area contributed by atoms with Gasteiger partial charge in [0.15, 0.2) is 5.76 Å². The van der Waals surface area contributed by atoms with Crippen LogP contribution >= 0.6 is 0 Å². The molecule has 0 fully saturated rings. The van der Waals surface area contributed by atoms with Crippen LogP contribution in [-0.2, 0) is 0 Å². The first-order chi connectivity index (χ1) is 4.38. The van der Waals surface area contributed by atoms with E-state index in [9.17, 15) is 0 Å². The van der Waals surface area contributed by atoms with Gasteiger partial charge in [0.05, 0.1) is 12.5 Å². The fourth-order valence-electron chi connectivity index (χ4n) is 0.617.